The van der Waals surface area contributed by atoms with Gasteiger partial charge in [0.1, 0.15) is 11.2 Å². The second kappa shape index (κ2) is 11.1. The number of para-hydroxylation sites is 1. The molecule has 0 bridgehead atoms. The molecule has 2 nitrogen and oxygen atoms in total. The highest BCUT2D eigenvalue weighted by Gasteiger charge is 2.32. The van der Waals surface area contributed by atoms with Crippen LogP contribution in [0.1, 0.15) is 0 Å². The minimum absolute atomic E-state index is 0.892. The summed E-state index contributed by atoms with van der Waals surface area (Å²) in [7, 11) is -1.20. The van der Waals surface area contributed by atoms with Gasteiger partial charge >= 0.3 is 0 Å². The lowest BCUT2D eigenvalue weighted by molar-refractivity contribution is 0.669. The fraction of sp³-hybridized carbons (Fsp3) is 0.0417. The van der Waals surface area contributed by atoms with Gasteiger partial charge < -0.3 is 9.32 Å². The first-order valence-electron chi connectivity index (χ1n) is 17.7. The van der Waals surface area contributed by atoms with Gasteiger partial charge in [-0.1, -0.05) is 103 Å². The maximum Gasteiger partial charge on any atom is 0.137 e. The van der Waals surface area contributed by atoms with Crippen molar-refractivity contribution in [3.63, 3.8) is 0 Å². The highest BCUT2D eigenvalue weighted by Crippen LogP contribution is 2.68. The number of fused-ring (bicyclic) bond motifs is 10. The van der Waals surface area contributed by atoms with Crippen molar-refractivity contribution in [1.82, 2.24) is 0 Å². The van der Waals surface area contributed by atoms with Crippen LogP contribution in [0.5, 0.6) is 0 Å². The molecule has 1 aliphatic rings. The minimum Gasteiger partial charge on any atom is -0.456 e. The van der Waals surface area contributed by atoms with E-state index in [-0.39, 0.29) is 0 Å². The third-order valence-corrected chi connectivity index (χ3v) is 15.0. The predicted molar refractivity (Wildman–Crippen MR) is 226 cm³/mol. The van der Waals surface area contributed by atoms with Crippen molar-refractivity contribution in [3.8, 4) is 22.3 Å². The van der Waals surface area contributed by atoms with E-state index in [4.69, 9.17) is 4.42 Å². The zero-order valence-electron chi connectivity index (χ0n) is 28.8. The van der Waals surface area contributed by atoms with Crippen molar-refractivity contribution in [3.05, 3.63) is 164 Å². The first-order valence-corrected chi connectivity index (χ1v) is 20.9. The van der Waals surface area contributed by atoms with Crippen molar-refractivity contribution >= 4 is 91.3 Å². The Morgan fingerprint density at radius 1 is 0.462 bits per heavy atom. The molecule has 10 aromatic rings. The van der Waals surface area contributed by atoms with Crippen LogP contribution in [0, 0.1) is 0 Å². The monoisotopic (exact) mass is 703 g/mol. The van der Waals surface area contributed by atoms with E-state index in [0.29, 0.717) is 0 Å². The van der Waals surface area contributed by atoms with Gasteiger partial charge in [0.25, 0.3) is 0 Å². The number of thiophene rings is 1. The first-order chi connectivity index (χ1) is 25.5. The molecule has 4 heteroatoms. The van der Waals surface area contributed by atoms with E-state index in [9.17, 15) is 0 Å². The van der Waals surface area contributed by atoms with Gasteiger partial charge in [-0.05, 0) is 106 Å². The fourth-order valence-electron chi connectivity index (χ4n) is 8.56. The quantitative estimate of drug-likeness (QED) is 0.181. The smallest absolute Gasteiger partial charge is 0.137 e. The molecule has 0 N–H and O–H groups in total. The number of rotatable bonds is 4. The third kappa shape index (κ3) is 4.25. The number of furan rings is 1. The summed E-state index contributed by atoms with van der Waals surface area (Å²) in [6.45, 7) is 0. The summed E-state index contributed by atoms with van der Waals surface area (Å²) in [5.41, 5.74) is 10.4. The predicted octanol–water partition coefficient (Wildman–Crippen LogP) is 14.7. The van der Waals surface area contributed by atoms with Crippen molar-refractivity contribution < 1.29 is 4.42 Å². The average molecular weight is 704 g/mol. The zero-order valence-corrected chi connectivity index (χ0v) is 30.4. The van der Waals surface area contributed by atoms with Crippen LogP contribution in [0.3, 0.4) is 0 Å². The topological polar surface area (TPSA) is 16.4 Å². The lowest BCUT2D eigenvalue weighted by Gasteiger charge is -2.31. The summed E-state index contributed by atoms with van der Waals surface area (Å²) in [5, 5.41) is 7.36. The molecule has 0 saturated heterocycles. The highest BCUT2D eigenvalue weighted by atomic mass is 32.3. The average Bonchev–Trinajstić information content (AvgIpc) is 3.83. The van der Waals surface area contributed by atoms with Crippen LogP contribution in [0.25, 0.3) is 75.1 Å². The largest absolute Gasteiger partial charge is 0.456 e. The standard InChI is InChI=1S/C48H33NOS2/c1-52(2)45-23-8-6-15-35(45)36-26-24-32(29-46(36)52)49(40-19-11-21-42-48(40)38-16-5-7-20-41(38)50-42)31-25-27-43-39(28-31)47-37(18-10-22-44(47)51-43)34-17-9-13-30-12-3-4-14-33(30)34/h3-29H,1-2H3. The highest BCUT2D eigenvalue weighted by molar-refractivity contribution is 8.33. The van der Waals surface area contributed by atoms with Crippen LogP contribution in [0.15, 0.2) is 178 Å². The Morgan fingerprint density at radius 2 is 1.13 bits per heavy atom. The number of anilines is 3. The molecule has 52 heavy (non-hydrogen) atoms. The normalized spacial score (nSPS) is 14.0. The number of hydrogen-bond acceptors (Lipinski definition) is 3. The van der Waals surface area contributed by atoms with E-state index in [2.05, 4.69) is 175 Å². The molecule has 0 radical (unpaired) electrons. The second-order valence-electron chi connectivity index (χ2n) is 14.1. The molecular weight excluding hydrogens is 671 g/mol. The Kier molecular flexibility index (Phi) is 6.37. The summed E-state index contributed by atoms with van der Waals surface area (Å²) >= 11 is 1.87. The van der Waals surface area contributed by atoms with Crippen LogP contribution >= 0.6 is 21.4 Å². The van der Waals surface area contributed by atoms with Gasteiger partial charge in [0.15, 0.2) is 0 Å². The van der Waals surface area contributed by atoms with Crippen molar-refractivity contribution in [2.75, 3.05) is 17.4 Å². The first kappa shape index (κ1) is 29.9. The van der Waals surface area contributed by atoms with Crippen molar-refractivity contribution in [2.24, 2.45) is 0 Å². The summed E-state index contributed by atoms with van der Waals surface area (Å²) < 4.78 is 9.04. The van der Waals surface area contributed by atoms with E-state index in [1.807, 2.05) is 17.4 Å². The molecule has 1 aliphatic heterocycles. The van der Waals surface area contributed by atoms with Gasteiger partial charge in [-0.2, -0.15) is 10.0 Å². The van der Waals surface area contributed by atoms with Crippen LogP contribution in [-0.4, -0.2) is 12.5 Å². The van der Waals surface area contributed by atoms with E-state index in [1.165, 1.54) is 63.0 Å². The molecule has 0 unspecified atom stereocenters. The molecule has 8 aromatic carbocycles. The maximum atomic E-state index is 6.46. The van der Waals surface area contributed by atoms with Gasteiger partial charge in [0, 0.05) is 46.7 Å². The molecule has 2 aromatic heterocycles. The Labute approximate surface area is 307 Å². The van der Waals surface area contributed by atoms with Gasteiger partial charge in [0.05, 0.1) is 11.1 Å². The van der Waals surface area contributed by atoms with E-state index < -0.39 is 10.0 Å². The number of hydrogen-bond donors (Lipinski definition) is 0. The molecule has 248 valence electrons. The van der Waals surface area contributed by atoms with Crippen molar-refractivity contribution in [1.29, 1.82) is 0 Å². The Balaban J connectivity index is 1.19. The Bertz CT molecular complexity index is 3070. The van der Waals surface area contributed by atoms with Crippen LogP contribution in [-0.2, 0) is 0 Å². The number of nitrogens with zero attached hydrogens (tertiary/aromatic N) is 1. The fourth-order valence-corrected chi connectivity index (χ4v) is 12.2. The zero-order chi connectivity index (χ0) is 34.6. The second-order valence-corrected chi connectivity index (χ2v) is 18.7. The van der Waals surface area contributed by atoms with Crippen LogP contribution in [0.2, 0.25) is 0 Å². The summed E-state index contributed by atoms with van der Waals surface area (Å²) in [4.78, 5) is 5.36. The summed E-state index contributed by atoms with van der Waals surface area (Å²) in [6, 6.07) is 60.2. The van der Waals surface area contributed by atoms with Crippen molar-refractivity contribution in [2.45, 2.75) is 9.79 Å². The lowest BCUT2D eigenvalue weighted by atomic mass is 9.94. The van der Waals surface area contributed by atoms with Gasteiger partial charge in [-0.25, -0.2) is 0 Å². The van der Waals surface area contributed by atoms with Gasteiger partial charge in [0.2, 0.25) is 0 Å². The molecule has 0 fully saturated rings. The number of benzene rings is 8. The summed E-state index contributed by atoms with van der Waals surface area (Å²) in [6.07, 6.45) is 4.88. The Morgan fingerprint density at radius 3 is 2.08 bits per heavy atom. The molecule has 11 rings (SSSR count). The van der Waals surface area contributed by atoms with Gasteiger partial charge in [-0.15, -0.1) is 11.3 Å². The third-order valence-electron chi connectivity index (χ3n) is 10.9. The van der Waals surface area contributed by atoms with Crippen LogP contribution < -0.4 is 4.90 Å². The van der Waals surface area contributed by atoms with E-state index in [1.54, 1.807) is 0 Å². The molecule has 0 saturated carbocycles. The minimum atomic E-state index is -1.20. The van der Waals surface area contributed by atoms with E-state index >= 15 is 0 Å². The molecule has 0 atom stereocenters. The molecular formula is C48H33NOS2. The van der Waals surface area contributed by atoms with Gasteiger partial charge in [-0.3, -0.25) is 0 Å². The summed E-state index contributed by atoms with van der Waals surface area (Å²) in [5.74, 6) is 0. The Hall–Kier alpha value is -5.81. The lowest BCUT2D eigenvalue weighted by Crippen LogP contribution is -2.11. The molecule has 0 spiro atoms. The molecule has 0 amide bonds. The maximum absolute atomic E-state index is 6.46. The molecule has 3 heterocycles. The SMILES string of the molecule is CS1(C)c2ccccc2-c2ccc(N(c3ccc4sc5cccc(-c6cccc7ccccc67)c5c4c3)c3cccc4oc5ccccc5c34)cc21. The van der Waals surface area contributed by atoms with E-state index in [0.717, 1.165) is 39.0 Å². The molecule has 0 aliphatic carbocycles. The van der Waals surface area contributed by atoms with Crippen LogP contribution in [0.4, 0.5) is 17.1 Å².